The molecule has 0 saturated heterocycles. The summed E-state index contributed by atoms with van der Waals surface area (Å²) in [7, 11) is 0. The number of carbonyl (C=O) groups excluding carboxylic acids is 2. The van der Waals surface area contributed by atoms with Crippen LogP contribution in [0.3, 0.4) is 0 Å². The number of amides is 2. The number of hydrogen-bond donors (Lipinski definition) is 1. The SMILES string of the molecule is Cc1cccc(NC(=O)CSCC(=O)N(Cc2ccsc2)C2CC2)c1. The minimum absolute atomic E-state index is 0.0702. The molecule has 3 rings (SSSR count). The molecule has 4 nitrogen and oxygen atoms in total. The fraction of sp³-hybridized carbons (Fsp3) is 0.368. The molecule has 1 N–H and O–H groups in total. The number of nitrogens with zero attached hydrogens (tertiary/aromatic N) is 1. The van der Waals surface area contributed by atoms with Gasteiger partial charge >= 0.3 is 0 Å². The zero-order valence-electron chi connectivity index (χ0n) is 14.2. The van der Waals surface area contributed by atoms with Crippen molar-refractivity contribution in [1.29, 1.82) is 0 Å². The zero-order chi connectivity index (χ0) is 17.6. The van der Waals surface area contributed by atoms with Gasteiger partial charge in [-0.3, -0.25) is 9.59 Å². The van der Waals surface area contributed by atoms with Gasteiger partial charge in [-0.2, -0.15) is 11.3 Å². The van der Waals surface area contributed by atoms with Crippen molar-refractivity contribution >= 4 is 40.6 Å². The quantitative estimate of drug-likeness (QED) is 0.762. The van der Waals surface area contributed by atoms with Crippen molar-refractivity contribution in [3.05, 3.63) is 52.2 Å². The van der Waals surface area contributed by atoms with Crippen LogP contribution in [0.25, 0.3) is 0 Å². The second-order valence-electron chi connectivity index (χ2n) is 6.29. The van der Waals surface area contributed by atoms with Crippen LogP contribution in [0, 0.1) is 6.92 Å². The van der Waals surface area contributed by atoms with Gasteiger partial charge in [-0.1, -0.05) is 12.1 Å². The summed E-state index contributed by atoms with van der Waals surface area (Å²) in [5, 5.41) is 7.00. The molecule has 2 amide bonds. The molecule has 0 aliphatic heterocycles. The molecule has 1 aliphatic carbocycles. The summed E-state index contributed by atoms with van der Waals surface area (Å²) in [6.07, 6.45) is 2.18. The molecular weight excluding hydrogens is 352 g/mol. The summed E-state index contributed by atoms with van der Waals surface area (Å²) in [5.41, 5.74) is 3.09. The normalized spacial score (nSPS) is 13.5. The van der Waals surface area contributed by atoms with Crippen molar-refractivity contribution in [2.75, 3.05) is 16.8 Å². The van der Waals surface area contributed by atoms with Gasteiger partial charge in [0.05, 0.1) is 11.5 Å². The molecule has 1 aliphatic rings. The van der Waals surface area contributed by atoms with Gasteiger partial charge in [-0.15, -0.1) is 11.8 Å². The fourth-order valence-electron chi connectivity index (χ4n) is 2.62. The van der Waals surface area contributed by atoms with Crippen LogP contribution in [0.1, 0.15) is 24.0 Å². The summed E-state index contributed by atoms with van der Waals surface area (Å²) in [6, 6.07) is 10.2. The maximum absolute atomic E-state index is 12.5. The van der Waals surface area contributed by atoms with Crippen molar-refractivity contribution in [3.8, 4) is 0 Å². The smallest absolute Gasteiger partial charge is 0.234 e. The number of anilines is 1. The first-order chi connectivity index (χ1) is 12.1. The van der Waals surface area contributed by atoms with Gasteiger partial charge in [0.25, 0.3) is 0 Å². The van der Waals surface area contributed by atoms with E-state index in [0.29, 0.717) is 18.3 Å². The standard InChI is InChI=1S/C19H22N2O2S2/c1-14-3-2-4-16(9-14)20-18(22)12-25-13-19(23)21(17-5-6-17)10-15-7-8-24-11-15/h2-4,7-9,11,17H,5-6,10,12-13H2,1H3,(H,20,22). The van der Waals surface area contributed by atoms with Crippen LogP contribution >= 0.6 is 23.1 Å². The highest BCUT2D eigenvalue weighted by Crippen LogP contribution is 2.29. The molecule has 1 aromatic heterocycles. The van der Waals surface area contributed by atoms with Crippen LogP contribution in [-0.2, 0) is 16.1 Å². The second kappa shape index (κ2) is 8.54. The number of rotatable bonds is 8. The van der Waals surface area contributed by atoms with Crippen LogP contribution in [0.5, 0.6) is 0 Å². The third-order valence-corrected chi connectivity index (χ3v) is 5.65. The average Bonchev–Trinajstić information content (AvgIpc) is 3.28. The first kappa shape index (κ1) is 18.0. The molecule has 1 aromatic carbocycles. The third kappa shape index (κ3) is 5.61. The van der Waals surface area contributed by atoms with Crippen molar-refractivity contribution < 1.29 is 9.59 Å². The molecule has 132 valence electrons. The lowest BCUT2D eigenvalue weighted by Gasteiger charge is -2.21. The highest BCUT2D eigenvalue weighted by Gasteiger charge is 2.32. The van der Waals surface area contributed by atoms with Gasteiger partial charge < -0.3 is 10.2 Å². The average molecular weight is 375 g/mol. The molecule has 0 unspecified atom stereocenters. The van der Waals surface area contributed by atoms with Crippen LogP contribution in [0.2, 0.25) is 0 Å². The van der Waals surface area contributed by atoms with E-state index in [-0.39, 0.29) is 17.6 Å². The van der Waals surface area contributed by atoms with Crippen LogP contribution < -0.4 is 5.32 Å². The zero-order valence-corrected chi connectivity index (χ0v) is 15.9. The Morgan fingerprint density at radius 1 is 1.28 bits per heavy atom. The van der Waals surface area contributed by atoms with Gasteiger partial charge in [0, 0.05) is 18.3 Å². The molecule has 1 heterocycles. The maximum Gasteiger partial charge on any atom is 0.234 e. The largest absolute Gasteiger partial charge is 0.335 e. The van der Waals surface area contributed by atoms with Crippen LogP contribution in [0.15, 0.2) is 41.1 Å². The molecule has 0 bridgehead atoms. The molecular formula is C19H22N2O2S2. The number of thioether (sulfide) groups is 1. The number of hydrogen-bond acceptors (Lipinski definition) is 4. The number of aryl methyl sites for hydroxylation is 1. The van der Waals surface area contributed by atoms with Crippen molar-refractivity contribution in [3.63, 3.8) is 0 Å². The lowest BCUT2D eigenvalue weighted by molar-refractivity contribution is -0.129. The van der Waals surface area contributed by atoms with Crippen molar-refractivity contribution in [1.82, 2.24) is 4.90 Å². The van der Waals surface area contributed by atoms with E-state index >= 15 is 0 Å². The topological polar surface area (TPSA) is 49.4 Å². The Kier molecular flexibility index (Phi) is 6.15. The third-order valence-electron chi connectivity index (χ3n) is 4.00. The van der Waals surface area contributed by atoms with Crippen molar-refractivity contribution in [2.45, 2.75) is 32.4 Å². The minimum atomic E-state index is -0.0702. The molecule has 2 aromatic rings. The van der Waals surface area contributed by atoms with Crippen molar-refractivity contribution in [2.24, 2.45) is 0 Å². The summed E-state index contributed by atoms with van der Waals surface area (Å²) in [4.78, 5) is 26.5. The lowest BCUT2D eigenvalue weighted by atomic mass is 10.2. The van der Waals surface area contributed by atoms with Gasteiger partial charge in [0.1, 0.15) is 0 Å². The Morgan fingerprint density at radius 2 is 2.12 bits per heavy atom. The van der Waals surface area contributed by atoms with E-state index in [0.717, 1.165) is 24.1 Å². The molecule has 25 heavy (non-hydrogen) atoms. The van der Waals surface area contributed by atoms with Gasteiger partial charge in [-0.25, -0.2) is 0 Å². The Labute approximate surface area is 156 Å². The first-order valence-electron chi connectivity index (χ1n) is 8.36. The molecule has 6 heteroatoms. The Balaban J connectivity index is 1.44. The fourth-order valence-corrected chi connectivity index (χ4v) is 3.98. The molecule has 0 radical (unpaired) electrons. The number of carbonyl (C=O) groups is 2. The highest BCUT2D eigenvalue weighted by molar-refractivity contribution is 8.00. The predicted octanol–water partition coefficient (Wildman–Crippen LogP) is 3.92. The highest BCUT2D eigenvalue weighted by atomic mass is 32.2. The minimum Gasteiger partial charge on any atom is -0.335 e. The monoisotopic (exact) mass is 374 g/mol. The predicted molar refractivity (Wildman–Crippen MR) is 105 cm³/mol. The van der Waals surface area contributed by atoms with Gasteiger partial charge in [0.15, 0.2) is 0 Å². The number of benzene rings is 1. The second-order valence-corrected chi connectivity index (χ2v) is 8.06. The summed E-state index contributed by atoms with van der Waals surface area (Å²) in [6.45, 7) is 2.67. The number of thiophene rings is 1. The summed E-state index contributed by atoms with van der Waals surface area (Å²) < 4.78 is 0. The maximum atomic E-state index is 12.5. The van der Waals surface area contributed by atoms with Gasteiger partial charge in [-0.05, 0) is 59.9 Å². The Hall–Kier alpha value is -1.79. The molecule has 1 saturated carbocycles. The van der Waals surface area contributed by atoms with Gasteiger partial charge in [0.2, 0.25) is 11.8 Å². The van der Waals surface area contributed by atoms with E-state index in [4.69, 9.17) is 0 Å². The van der Waals surface area contributed by atoms with E-state index in [1.165, 1.54) is 17.3 Å². The molecule has 0 atom stereocenters. The van der Waals surface area contributed by atoms with Crippen LogP contribution in [0.4, 0.5) is 5.69 Å². The molecule has 0 spiro atoms. The van der Waals surface area contributed by atoms with E-state index in [9.17, 15) is 9.59 Å². The Morgan fingerprint density at radius 3 is 2.80 bits per heavy atom. The summed E-state index contributed by atoms with van der Waals surface area (Å²) >= 11 is 3.03. The lowest BCUT2D eigenvalue weighted by Crippen LogP contribution is -2.34. The van der Waals surface area contributed by atoms with E-state index in [2.05, 4.69) is 16.8 Å². The number of nitrogens with one attached hydrogen (secondary N) is 1. The Bertz CT molecular complexity index is 727. The van der Waals surface area contributed by atoms with E-state index < -0.39 is 0 Å². The van der Waals surface area contributed by atoms with E-state index in [1.807, 2.05) is 41.5 Å². The molecule has 1 fully saturated rings. The summed E-state index contributed by atoms with van der Waals surface area (Å²) in [5.74, 6) is 0.694. The first-order valence-corrected chi connectivity index (χ1v) is 10.5. The van der Waals surface area contributed by atoms with E-state index in [1.54, 1.807) is 11.3 Å². The van der Waals surface area contributed by atoms with Crippen LogP contribution in [-0.4, -0.2) is 34.3 Å².